The first kappa shape index (κ1) is 15.4. The molecule has 0 aromatic heterocycles. The molecule has 1 aliphatic rings. The van der Waals surface area contributed by atoms with Gasteiger partial charge in [-0.1, -0.05) is 12.1 Å². The fourth-order valence-electron chi connectivity index (χ4n) is 2.73. The zero-order valence-corrected chi connectivity index (χ0v) is 12.0. The van der Waals surface area contributed by atoms with E-state index in [-0.39, 0.29) is 17.4 Å². The van der Waals surface area contributed by atoms with E-state index in [1.165, 1.54) is 6.07 Å². The van der Waals surface area contributed by atoms with Crippen LogP contribution < -0.4 is 5.73 Å². The Morgan fingerprint density at radius 1 is 1.52 bits per heavy atom. The molecule has 2 N–H and O–H groups in total. The second kappa shape index (κ2) is 6.67. The average molecular weight is 294 g/mol. The highest BCUT2D eigenvalue weighted by Gasteiger charge is 2.30. The van der Waals surface area contributed by atoms with Gasteiger partial charge < -0.3 is 15.4 Å². The van der Waals surface area contributed by atoms with Gasteiger partial charge in [-0.3, -0.25) is 9.59 Å². The van der Waals surface area contributed by atoms with Crippen LogP contribution in [0.4, 0.5) is 4.39 Å². The lowest BCUT2D eigenvalue weighted by molar-refractivity contribution is -0.128. The number of nitrogens with zero attached hydrogens (tertiary/aromatic N) is 1. The molecule has 1 aromatic carbocycles. The molecule has 1 fully saturated rings. The van der Waals surface area contributed by atoms with Gasteiger partial charge in [-0.25, -0.2) is 4.39 Å². The molecule has 1 atom stereocenters. The highest BCUT2D eigenvalue weighted by atomic mass is 19.1. The number of rotatable bonds is 6. The Labute approximate surface area is 122 Å². The van der Waals surface area contributed by atoms with Gasteiger partial charge in [0, 0.05) is 26.6 Å². The van der Waals surface area contributed by atoms with Crippen LogP contribution >= 0.6 is 0 Å². The summed E-state index contributed by atoms with van der Waals surface area (Å²) in [6.07, 6.45) is 0.865. The van der Waals surface area contributed by atoms with Crippen molar-refractivity contribution in [3.63, 3.8) is 0 Å². The summed E-state index contributed by atoms with van der Waals surface area (Å²) in [4.78, 5) is 25.0. The number of methoxy groups -OCH3 is 1. The molecule has 0 aliphatic carbocycles. The van der Waals surface area contributed by atoms with Gasteiger partial charge in [0.05, 0.1) is 12.2 Å². The molecule has 1 saturated heterocycles. The highest BCUT2D eigenvalue weighted by Crippen LogP contribution is 2.24. The summed E-state index contributed by atoms with van der Waals surface area (Å²) in [5.74, 6) is -1.26. The molecule has 21 heavy (non-hydrogen) atoms. The molecule has 5 nitrogen and oxygen atoms in total. The van der Waals surface area contributed by atoms with E-state index >= 15 is 0 Å². The Hall–Kier alpha value is -1.95. The van der Waals surface area contributed by atoms with Gasteiger partial charge in [0.25, 0.3) is 5.91 Å². The van der Waals surface area contributed by atoms with E-state index in [9.17, 15) is 14.0 Å². The van der Waals surface area contributed by atoms with E-state index in [0.717, 1.165) is 0 Å². The number of halogens is 1. The Kier molecular flexibility index (Phi) is 4.90. The first-order valence-electron chi connectivity index (χ1n) is 6.86. The number of hydrogen-bond acceptors (Lipinski definition) is 3. The standard InChI is InChI=1S/C15H19FN2O3/c1-21-6-5-18-9-10(8-13(18)19)7-11-3-2-4-12(16)14(11)15(17)20/h2-4,10H,5-9H2,1H3,(H2,17,20). The molecule has 1 unspecified atom stereocenters. The molecule has 0 spiro atoms. The number of hydrogen-bond donors (Lipinski definition) is 1. The molecular formula is C15H19FN2O3. The smallest absolute Gasteiger partial charge is 0.251 e. The molecule has 0 saturated carbocycles. The lowest BCUT2D eigenvalue weighted by Gasteiger charge is -2.16. The van der Waals surface area contributed by atoms with E-state index in [4.69, 9.17) is 10.5 Å². The summed E-state index contributed by atoms with van der Waals surface area (Å²) in [7, 11) is 1.59. The SMILES string of the molecule is COCCN1CC(Cc2cccc(F)c2C(N)=O)CC1=O. The highest BCUT2D eigenvalue weighted by molar-refractivity contribution is 5.94. The minimum absolute atomic E-state index is 0.0640. The van der Waals surface area contributed by atoms with Crippen LogP contribution in [0.3, 0.4) is 0 Å². The van der Waals surface area contributed by atoms with Crippen molar-refractivity contribution in [1.29, 1.82) is 0 Å². The monoisotopic (exact) mass is 294 g/mol. The van der Waals surface area contributed by atoms with Gasteiger partial charge in [0.1, 0.15) is 5.82 Å². The largest absolute Gasteiger partial charge is 0.383 e. The van der Waals surface area contributed by atoms with Gasteiger partial charge in [0.15, 0.2) is 0 Å². The number of primary amides is 1. The maximum absolute atomic E-state index is 13.7. The van der Waals surface area contributed by atoms with E-state index < -0.39 is 11.7 Å². The number of nitrogens with two attached hydrogens (primary N) is 1. The van der Waals surface area contributed by atoms with Crippen LogP contribution in [0.15, 0.2) is 18.2 Å². The second-order valence-corrected chi connectivity index (χ2v) is 5.25. The van der Waals surface area contributed by atoms with E-state index in [2.05, 4.69) is 0 Å². The van der Waals surface area contributed by atoms with Crippen LogP contribution in [0.1, 0.15) is 22.3 Å². The molecule has 1 aliphatic heterocycles. The first-order chi connectivity index (χ1) is 10.0. The van der Waals surface area contributed by atoms with Crippen molar-refractivity contribution >= 4 is 11.8 Å². The van der Waals surface area contributed by atoms with Gasteiger partial charge in [-0.15, -0.1) is 0 Å². The fraction of sp³-hybridized carbons (Fsp3) is 0.467. The quantitative estimate of drug-likeness (QED) is 0.849. The van der Waals surface area contributed by atoms with Crippen molar-refractivity contribution in [2.45, 2.75) is 12.8 Å². The molecular weight excluding hydrogens is 275 g/mol. The number of benzene rings is 1. The molecule has 1 heterocycles. The maximum Gasteiger partial charge on any atom is 0.251 e. The fourth-order valence-corrected chi connectivity index (χ4v) is 2.73. The van der Waals surface area contributed by atoms with Crippen LogP contribution in [0, 0.1) is 11.7 Å². The lowest BCUT2D eigenvalue weighted by atomic mass is 9.94. The van der Waals surface area contributed by atoms with Crippen molar-refractivity contribution in [2.24, 2.45) is 11.7 Å². The van der Waals surface area contributed by atoms with E-state index in [0.29, 0.717) is 38.1 Å². The topological polar surface area (TPSA) is 72.6 Å². The molecule has 0 bridgehead atoms. The molecule has 2 rings (SSSR count). The normalized spacial score (nSPS) is 18.3. The van der Waals surface area contributed by atoms with Crippen LogP contribution in [-0.4, -0.2) is 43.5 Å². The predicted molar refractivity (Wildman–Crippen MR) is 75.2 cm³/mol. The Balaban J connectivity index is 2.08. The molecule has 2 amide bonds. The third-order valence-corrected chi connectivity index (χ3v) is 3.71. The van der Waals surface area contributed by atoms with Crippen LogP contribution in [0.2, 0.25) is 0 Å². The summed E-state index contributed by atoms with van der Waals surface area (Å²) < 4.78 is 18.7. The first-order valence-corrected chi connectivity index (χ1v) is 6.86. The summed E-state index contributed by atoms with van der Waals surface area (Å²) in [6, 6.07) is 4.45. The minimum atomic E-state index is -0.774. The third-order valence-electron chi connectivity index (χ3n) is 3.71. The van der Waals surface area contributed by atoms with Crippen molar-refractivity contribution in [2.75, 3.05) is 26.8 Å². The molecule has 1 aromatic rings. The van der Waals surface area contributed by atoms with Crippen molar-refractivity contribution < 1.29 is 18.7 Å². The Morgan fingerprint density at radius 3 is 2.95 bits per heavy atom. The summed E-state index contributed by atoms with van der Waals surface area (Å²) in [5.41, 5.74) is 5.73. The van der Waals surface area contributed by atoms with Crippen LogP contribution in [0.25, 0.3) is 0 Å². The van der Waals surface area contributed by atoms with Gasteiger partial charge >= 0.3 is 0 Å². The van der Waals surface area contributed by atoms with Gasteiger partial charge in [-0.05, 0) is 24.0 Å². The number of carbonyl (C=O) groups is 2. The number of carbonyl (C=O) groups excluding carboxylic acids is 2. The third kappa shape index (κ3) is 3.58. The molecule has 114 valence electrons. The zero-order chi connectivity index (χ0) is 15.4. The summed E-state index contributed by atoms with van der Waals surface area (Å²) in [5, 5.41) is 0. The average Bonchev–Trinajstić information content (AvgIpc) is 2.76. The molecule has 6 heteroatoms. The van der Waals surface area contributed by atoms with Crippen LogP contribution in [0.5, 0.6) is 0 Å². The van der Waals surface area contributed by atoms with Crippen molar-refractivity contribution in [1.82, 2.24) is 4.90 Å². The maximum atomic E-state index is 13.7. The molecule has 0 radical (unpaired) electrons. The van der Waals surface area contributed by atoms with Gasteiger partial charge in [-0.2, -0.15) is 0 Å². The van der Waals surface area contributed by atoms with E-state index in [1.54, 1.807) is 24.1 Å². The Morgan fingerprint density at radius 2 is 2.29 bits per heavy atom. The minimum Gasteiger partial charge on any atom is -0.383 e. The number of amides is 2. The predicted octanol–water partition coefficient (Wildman–Crippen LogP) is 0.962. The van der Waals surface area contributed by atoms with Crippen molar-refractivity contribution in [3.8, 4) is 0 Å². The Bertz CT molecular complexity index is 548. The second-order valence-electron chi connectivity index (χ2n) is 5.25. The zero-order valence-electron chi connectivity index (χ0n) is 12.0. The summed E-state index contributed by atoms with van der Waals surface area (Å²) >= 11 is 0. The van der Waals surface area contributed by atoms with E-state index in [1.807, 2.05) is 0 Å². The van der Waals surface area contributed by atoms with Crippen LogP contribution in [-0.2, 0) is 16.0 Å². The number of likely N-dealkylation sites (tertiary alicyclic amines) is 1. The summed E-state index contributed by atoms with van der Waals surface area (Å²) in [6.45, 7) is 1.64. The lowest BCUT2D eigenvalue weighted by Crippen LogP contribution is -2.29. The number of ether oxygens (including phenoxy) is 1. The van der Waals surface area contributed by atoms with Crippen molar-refractivity contribution in [3.05, 3.63) is 35.1 Å². The van der Waals surface area contributed by atoms with Gasteiger partial charge in [0.2, 0.25) is 5.91 Å².